The summed E-state index contributed by atoms with van der Waals surface area (Å²) in [6.07, 6.45) is 0. The Morgan fingerprint density at radius 1 is 1.25 bits per heavy atom. The van der Waals surface area contributed by atoms with Crippen molar-refractivity contribution in [2.75, 3.05) is 25.6 Å². The van der Waals surface area contributed by atoms with E-state index in [1.54, 1.807) is 18.2 Å². The maximum Gasteiger partial charge on any atom is 0.261 e. The number of carbonyl (C=O) groups excluding carboxylic acids is 2. The summed E-state index contributed by atoms with van der Waals surface area (Å²) in [5.41, 5.74) is 1.42. The summed E-state index contributed by atoms with van der Waals surface area (Å²) in [4.78, 5) is 24.3. The second-order valence-electron chi connectivity index (χ2n) is 3.55. The van der Waals surface area contributed by atoms with Crippen molar-refractivity contribution in [1.82, 2.24) is 4.90 Å². The third-order valence-electron chi connectivity index (χ3n) is 2.51. The third kappa shape index (κ3) is 1.54. The number of hydrogen-bond acceptors (Lipinski definition) is 3. The molecule has 0 saturated carbocycles. The van der Waals surface area contributed by atoms with Gasteiger partial charge in [-0.25, -0.2) is 4.39 Å². The topological polar surface area (TPSA) is 49.4 Å². The molecule has 0 unspecified atom stereocenters. The molecule has 0 spiro atoms. The molecule has 1 aromatic carbocycles. The van der Waals surface area contributed by atoms with E-state index in [0.717, 1.165) is 4.90 Å². The highest BCUT2D eigenvalue weighted by atomic mass is 19.1. The zero-order chi connectivity index (χ0) is 11.7. The van der Waals surface area contributed by atoms with Crippen molar-refractivity contribution in [2.24, 2.45) is 0 Å². The van der Waals surface area contributed by atoms with Crippen LogP contribution in [-0.4, -0.2) is 37.0 Å². The zero-order valence-corrected chi connectivity index (χ0v) is 8.79. The highest BCUT2D eigenvalue weighted by molar-refractivity contribution is 6.21. The second kappa shape index (κ2) is 3.92. The Morgan fingerprint density at radius 3 is 2.62 bits per heavy atom. The summed E-state index contributed by atoms with van der Waals surface area (Å²) >= 11 is 0. The molecule has 1 heterocycles. The monoisotopic (exact) mass is 222 g/mol. The number of rotatable bonds is 3. The van der Waals surface area contributed by atoms with Gasteiger partial charge in [0.05, 0.1) is 11.1 Å². The van der Waals surface area contributed by atoms with Crippen LogP contribution in [0.25, 0.3) is 0 Å². The van der Waals surface area contributed by atoms with Crippen molar-refractivity contribution >= 4 is 17.5 Å². The Kier molecular flexibility index (Phi) is 2.60. The number of halogens is 1. The smallest absolute Gasteiger partial charge is 0.261 e. The summed E-state index contributed by atoms with van der Waals surface area (Å²) in [6, 6.07) is 4.83. The molecule has 2 amide bonds. The third-order valence-corrected chi connectivity index (χ3v) is 2.51. The minimum absolute atomic E-state index is 0.191. The maximum absolute atomic E-state index is 12.0. The van der Waals surface area contributed by atoms with Crippen molar-refractivity contribution in [3.05, 3.63) is 29.3 Å². The number of nitrogens with one attached hydrogen (secondary N) is 1. The normalized spacial score (nSPS) is 14.2. The number of imide groups is 1. The number of fused-ring (bicyclic) bond motifs is 1. The molecule has 1 aromatic rings. The van der Waals surface area contributed by atoms with E-state index >= 15 is 0 Å². The minimum Gasteiger partial charge on any atom is -0.382 e. The highest BCUT2D eigenvalue weighted by Gasteiger charge is 2.32. The molecule has 0 radical (unpaired) electrons. The molecular weight excluding hydrogens is 211 g/mol. The molecule has 16 heavy (non-hydrogen) atoms. The lowest BCUT2D eigenvalue weighted by atomic mass is 10.1. The Labute approximate surface area is 92.0 Å². The fourth-order valence-electron chi connectivity index (χ4n) is 1.66. The van der Waals surface area contributed by atoms with Crippen LogP contribution in [0.5, 0.6) is 0 Å². The Bertz CT molecular complexity index is 459. The number of alkyl halides is 1. The van der Waals surface area contributed by atoms with Gasteiger partial charge in [0.2, 0.25) is 0 Å². The predicted octanol–water partition coefficient (Wildman–Crippen LogP) is 1.29. The van der Waals surface area contributed by atoms with Crippen LogP contribution in [-0.2, 0) is 0 Å². The predicted molar refractivity (Wildman–Crippen MR) is 57.3 cm³/mol. The van der Waals surface area contributed by atoms with Crippen molar-refractivity contribution in [3.8, 4) is 0 Å². The summed E-state index contributed by atoms with van der Waals surface area (Å²) in [7, 11) is 1.44. The summed E-state index contributed by atoms with van der Waals surface area (Å²) < 4.78 is 12.0. The number of hydrogen-bond donors (Lipinski definition) is 1. The SMILES string of the molecule is CN1C(=O)c2ccc(NCCF)cc2C1=O. The molecule has 1 aliphatic rings. The molecule has 2 rings (SSSR count). The first kappa shape index (κ1) is 10.6. The van der Waals surface area contributed by atoms with Crippen LogP contribution in [0.15, 0.2) is 18.2 Å². The highest BCUT2D eigenvalue weighted by Crippen LogP contribution is 2.24. The maximum atomic E-state index is 12.0. The molecule has 84 valence electrons. The Hall–Kier alpha value is -1.91. The minimum atomic E-state index is -0.482. The van der Waals surface area contributed by atoms with Crippen LogP contribution < -0.4 is 5.32 Å². The van der Waals surface area contributed by atoms with Crippen LogP contribution in [0, 0.1) is 0 Å². The first-order valence-corrected chi connectivity index (χ1v) is 4.91. The van der Waals surface area contributed by atoms with E-state index in [9.17, 15) is 14.0 Å². The molecule has 1 aliphatic heterocycles. The van der Waals surface area contributed by atoms with Crippen molar-refractivity contribution in [3.63, 3.8) is 0 Å². The van der Waals surface area contributed by atoms with Gasteiger partial charge in [-0.3, -0.25) is 14.5 Å². The van der Waals surface area contributed by atoms with E-state index in [2.05, 4.69) is 5.32 Å². The van der Waals surface area contributed by atoms with Gasteiger partial charge < -0.3 is 5.32 Å². The molecule has 0 bridgehead atoms. The quantitative estimate of drug-likeness (QED) is 0.784. The van der Waals surface area contributed by atoms with E-state index in [-0.39, 0.29) is 18.4 Å². The van der Waals surface area contributed by atoms with E-state index in [1.807, 2.05) is 0 Å². The number of benzene rings is 1. The molecule has 4 nitrogen and oxygen atoms in total. The summed E-state index contributed by atoms with van der Waals surface area (Å²) in [5.74, 6) is -0.610. The largest absolute Gasteiger partial charge is 0.382 e. The average Bonchev–Trinajstić information content (AvgIpc) is 2.52. The average molecular weight is 222 g/mol. The van der Waals surface area contributed by atoms with Crippen LogP contribution >= 0.6 is 0 Å². The molecule has 0 atom stereocenters. The number of nitrogens with zero attached hydrogens (tertiary/aromatic N) is 1. The summed E-state index contributed by atoms with van der Waals surface area (Å²) in [6.45, 7) is -0.291. The van der Waals surface area contributed by atoms with Crippen LogP contribution in [0.2, 0.25) is 0 Å². The van der Waals surface area contributed by atoms with Gasteiger partial charge in [-0.15, -0.1) is 0 Å². The van der Waals surface area contributed by atoms with E-state index in [1.165, 1.54) is 7.05 Å². The van der Waals surface area contributed by atoms with Crippen molar-refractivity contribution < 1.29 is 14.0 Å². The fourth-order valence-corrected chi connectivity index (χ4v) is 1.66. The number of carbonyl (C=O) groups is 2. The molecule has 1 N–H and O–H groups in total. The van der Waals surface area contributed by atoms with Gasteiger partial charge in [0.1, 0.15) is 6.67 Å². The van der Waals surface area contributed by atoms with Crippen LogP contribution in [0.4, 0.5) is 10.1 Å². The van der Waals surface area contributed by atoms with Crippen molar-refractivity contribution in [2.45, 2.75) is 0 Å². The molecule has 0 aromatic heterocycles. The van der Waals surface area contributed by atoms with Gasteiger partial charge in [0.15, 0.2) is 0 Å². The molecule has 0 fully saturated rings. The van der Waals surface area contributed by atoms with E-state index in [4.69, 9.17) is 0 Å². The summed E-state index contributed by atoms with van der Waals surface area (Å²) in [5, 5.41) is 2.82. The number of anilines is 1. The zero-order valence-electron chi connectivity index (χ0n) is 8.79. The molecule has 5 heteroatoms. The molecular formula is C11H11FN2O2. The van der Waals surface area contributed by atoms with Gasteiger partial charge in [0, 0.05) is 19.3 Å². The van der Waals surface area contributed by atoms with Gasteiger partial charge in [-0.05, 0) is 18.2 Å². The fraction of sp³-hybridized carbons (Fsp3) is 0.273. The van der Waals surface area contributed by atoms with Crippen LogP contribution in [0.1, 0.15) is 20.7 Å². The Balaban J connectivity index is 2.34. The lowest BCUT2D eigenvalue weighted by molar-refractivity contribution is 0.0693. The first-order chi connectivity index (χ1) is 7.65. The van der Waals surface area contributed by atoms with Gasteiger partial charge in [0.25, 0.3) is 11.8 Å². The number of amides is 2. The van der Waals surface area contributed by atoms with Gasteiger partial charge in [-0.1, -0.05) is 0 Å². The molecule has 0 aliphatic carbocycles. The van der Waals surface area contributed by atoms with Gasteiger partial charge in [-0.2, -0.15) is 0 Å². The van der Waals surface area contributed by atoms with E-state index < -0.39 is 6.67 Å². The molecule has 0 saturated heterocycles. The van der Waals surface area contributed by atoms with E-state index in [0.29, 0.717) is 16.8 Å². The lowest BCUT2D eigenvalue weighted by Gasteiger charge is -2.04. The second-order valence-corrected chi connectivity index (χ2v) is 3.55. The van der Waals surface area contributed by atoms with Gasteiger partial charge >= 0.3 is 0 Å². The van der Waals surface area contributed by atoms with Crippen molar-refractivity contribution in [1.29, 1.82) is 0 Å². The van der Waals surface area contributed by atoms with Crippen LogP contribution in [0.3, 0.4) is 0 Å². The first-order valence-electron chi connectivity index (χ1n) is 4.91. The Morgan fingerprint density at radius 2 is 1.94 bits per heavy atom. The lowest BCUT2D eigenvalue weighted by Crippen LogP contribution is -2.24. The standard InChI is InChI=1S/C11H11FN2O2/c1-14-10(15)8-3-2-7(13-5-4-12)6-9(8)11(14)16/h2-3,6,13H,4-5H2,1H3.